The Morgan fingerprint density at radius 3 is 2.17 bits per heavy atom. The van der Waals surface area contributed by atoms with Gasteiger partial charge in [0.25, 0.3) is 5.91 Å². The van der Waals surface area contributed by atoms with E-state index < -0.39 is 37.1 Å². The molecule has 0 saturated carbocycles. The lowest BCUT2D eigenvalue weighted by atomic mass is 9.95. The predicted octanol–water partition coefficient (Wildman–Crippen LogP) is 4.80. The van der Waals surface area contributed by atoms with Gasteiger partial charge < -0.3 is 21.3 Å². The van der Waals surface area contributed by atoms with Crippen molar-refractivity contribution in [1.29, 1.82) is 0 Å². The van der Waals surface area contributed by atoms with E-state index in [9.17, 15) is 31.1 Å². The van der Waals surface area contributed by atoms with Crippen LogP contribution in [-0.2, 0) is 0 Å². The Morgan fingerprint density at radius 2 is 1.70 bits per heavy atom. The van der Waals surface area contributed by atoms with Crippen molar-refractivity contribution in [2.24, 2.45) is 5.92 Å². The molecule has 1 saturated heterocycles. The molecule has 0 unspecified atom stereocenters. The molecule has 0 radical (unpaired) electrons. The summed E-state index contributed by atoms with van der Waals surface area (Å²) >= 11 is 0. The number of nitrogens with two attached hydrogens (primary N) is 1. The highest BCUT2D eigenvalue weighted by atomic mass is 19.4. The number of benzene rings is 1. The van der Waals surface area contributed by atoms with Gasteiger partial charge in [0.2, 0.25) is 0 Å². The van der Waals surface area contributed by atoms with Gasteiger partial charge in [0.1, 0.15) is 0 Å². The summed E-state index contributed by atoms with van der Waals surface area (Å²) in [5.74, 6) is -2.17. The largest absolute Gasteiger partial charge is 0.397 e. The molecule has 30 heavy (non-hydrogen) atoms. The molecule has 2 rings (SSSR count). The third-order valence-electron chi connectivity index (χ3n) is 4.67. The second kappa shape index (κ2) is 10.6. The highest BCUT2D eigenvalue weighted by Gasteiger charge is 2.41. The van der Waals surface area contributed by atoms with Crippen molar-refractivity contribution in [2.75, 3.05) is 42.6 Å². The molecule has 1 aliphatic heterocycles. The van der Waals surface area contributed by atoms with Crippen molar-refractivity contribution in [3.8, 4) is 0 Å². The molecule has 1 amide bonds. The number of alkyl halides is 6. The number of nitrogen functional groups attached to an aromatic ring is 1. The molecule has 1 heterocycles. The standard InChI is InChI=1S/C17H22F6N4O.C2H6/c1-25-13-9-14(27-6-2-10(3-7-27)17(21,22)23)11(8-12(13)24)15(28)26-5-4-16(18,19)20;1-2/h8-10,25H,2-7,24H2,1H3,(H,26,28);1-2H3. The fraction of sp³-hybridized carbons (Fsp3) is 0.632. The monoisotopic (exact) mass is 442 g/mol. The summed E-state index contributed by atoms with van der Waals surface area (Å²) in [6, 6.07) is 2.85. The van der Waals surface area contributed by atoms with E-state index in [0.29, 0.717) is 11.4 Å². The lowest BCUT2D eigenvalue weighted by Gasteiger charge is -2.35. The van der Waals surface area contributed by atoms with Crippen LogP contribution in [0.3, 0.4) is 0 Å². The molecule has 1 fully saturated rings. The van der Waals surface area contributed by atoms with Gasteiger partial charge in [0.15, 0.2) is 0 Å². The maximum atomic E-state index is 12.9. The highest BCUT2D eigenvalue weighted by molar-refractivity contribution is 6.02. The van der Waals surface area contributed by atoms with Crippen LogP contribution in [-0.4, -0.2) is 44.9 Å². The Bertz CT molecular complexity index is 697. The van der Waals surface area contributed by atoms with Gasteiger partial charge in [-0.25, -0.2) is 0 Å². The summed E-state index contributed by atoms with van der Waals surface area (Å²) < 4.78 is 75.5. The molecule has 0 aliphatic carbocycles. The van der Waals surface area contributed by atoms with Crippen LogP contribution in [0.5, 0.6) is 0 Å². The van der Waals surface area contributed by atoms with Gasteiger partial charge in [-0.2, -0.15) is 26.3 Å². The van der Waals surface area contributed by atoms with Crippen LogP contribution in [0.25, 0.3) is 0 Å². The predicted molar refractivity (Wildman–Crippen MR) is 106 cm³/mol. The van der Waals surface area contributed by atoms with Gasteiger partial charge in [0.05, 0.1) is 35.0 Å². The van der Waals surface area contributed by atoms with Crippen LogP contribution >= 0.6 is 0 Å². The second-order valence-electron chi connectivity index (χ2n) is 6.63. The SMILES string of the molecule is CC.CNc1cc(N2CCC(C(F)(F)F)CC2)c(C(=O)NCCC(F)(F)F)cc1N. The number of nitrogens with zero attached hydrogens (tertiary/aromatic N) is 1. The van der Waals surface area contributed by atoms with Crippen molar-refractivity contribution in [2.45, 2.75) is 45.5 Å². The molecule has 4 N–H and O–H groups in total. The minimum absolute atomic E-state index is 0.0316. The molecule has 0 bridgehead atoms. The number of halogens is 6. The summed E-state index contributed by atoms with van der Waals surface area (Å²) in [6.45, 7) is 3.53. The summed E-state index contributed by atoms with van der Waals surface area (Å²) in [4.78, 5) is 14.0. The number of hydrogen-bond acceptors (Lipinski definition) is 4. The van der Waals surface area contributed by atoms with Crippen molar-refractivity contribution < 1.29 is 31.1 Å². The molecule has 172 valence electrons. The summed E-state index contributed by atoms with van der Waals surface area (Å²) in [6.07, 6.45) is -10.1. The molecule has 0 spiro atoms. The molecule has 0 aromatic heterocycles. The number of amides is 1. The summed E-state index contributed by atoms with van der Waals surface area (Å²) in [5.41, 5.74) is 6.90. The molecular weight excluding hydrogens is 414 g/mol. The lowest BCUT2D eigenvalue weighted by molar-refractivity contribution is -0.179. The molecule has 11 heteroatoms. The van der Waals surface area contributed by atoms with Crippen molar-refractivity contribution in [1.82, 2.24) is 5.32 Å². The second-order valence-corrected chi connectivity index (χ2v) is 6.63. The van der Waals surface area contributed by atoms with Crippen LogP contribution < -0.4 is 21.3 Å². The van der Waals surface area contributed by atoms with Gasteiger partial charge in [0, 0.05) is 26.7 Å². The summed E-state index contributed by atoms with van der Waals surface area (Å²) in [5, 5.41) is 5.02. The van der Waals surface area contributed by atoms with E-state index in [2.05, 4.69) is 10.6 Å². The Kier molecular flexibility index (Phi) is 9.10. The zero-order valence-electron chi connectivity index (χ0n) is 17.2. The lowest BCUT2D eigenvalue weighted by Crippen LogP contribution is -2.40. The normalized spacial score (nSPS) is 15.3. The Morgan fingerprint density at radius 1 is 1.13 bits per heavy atom. The first-order valence-electron chi connectivity index (χ1n) is 9.70. The van der Waals surface area contributed by atoms with Gasteiger partial charge in [-0.3, -0.25) is 4.79 Å². The number of piperidine rings is 1. The molecular formula is C19H28F6N4O. The molecule has 0 atom stereocenters. The van der Waals surface area contributed by atoms with Crippen LogP contribution in [0, 0.1) is 5.92 Å². The first-order chi connectivity index (χ1) is 13.9. The average Bonchev–Trinajstić information content (AvgIpc) is 2.67. The van der Waals surface area contributed by atoms with E-state index in [1.165, 1.54) is 12.1 Å². The van der Waals surface area contributed by atoms with Gasteiger partial charge >= 0.3 is 12.4 Å². The molecule has 1 aromatic carbocycles. The van der Waals surface area contributed by atoms with E-state index in [-0.39, 0.29) is 37.2 Å². The third-order valence-corrected chi connectivity index (χ3v) is 4.67. The van der Waals surface area contributed by atoms with Crippen LogP contribution in [0.1, 0.15) is 43.5 Å². The molecule has 1 aromatic rings. The van der Waals surface area contributed by atoms with E-state index in [1.807, 2.05) is 13.8 Å². The number of rotatable bonds is 5. The van der Waals surface area contributed by atoms with Crippen LogP contribution in [0.4, 0.5) is 43.4 Å². The van der Waals surface area contributed by atoms with Crippen LogP contribution in [0.15, 0.2) is 12.1 Å². The summed E-state index contributed by atoms with van der Waals surface area (Å²) in [7, 11) is 1.59. The van der Waals surface area contributed by atoms with Crippen molar-refractivity contribution in [3.63, 3.8) is 0 Å². The number of carbonyl (C=O) groups excluding carboxylic acids is 1. The van der Waals surface area contributed by atoms with Gasteiger partial charge in [-0.15, -0.1) is 0 Å². The molecule has 5 nitrogen and oxygen atoms in total. The Labute approximate surface area is 172 Å². The first kappa shape index (κ1) is 25.7. The zero-order chi connectivity index (χ0) is 23.1. The van der Waals surface area contributed by atoms with E-state index in [1.54, 1.807) is 11.9 Å². The maximum Gasteiger partial charge on any atom is 0.391 e. The third kappa shape index (κ3) is 7.17. The van der Waals surface area contributed by atoms with Gasteiger partial charge in [-0.1, -0.05) is 13.8 Å². The first-order valence-corrected chi connectivity index (χ1v) is 9.70. The topological polar surface area (TPSA) is 70.4 Å². The van der Waals surface area contributed by atoms with Crippen molar-refractivity contribution >= 4 is 23.0 Å². The number of anilines is 3. The quantitative estimate of drug-likeness (QED) is 0.453. The van der Waals surface area contributed by atoms with E-state index >= 15 is 0 Å². The highest BCUT2D eigenvalue weighted by Crippen LogP contribution is 2.37. The minimum Gasteiger partial charge on any atom is -0.397 e. The number of hydrogen-bond donors (Lipinski definition) is 3. The fourth-order valence-corrected chi connectivity index (χ4v) is 3.13. The minimum atomic E-state index is -4.41. The smallest absolute Gasteiger partial charge is 0.391 e. The van der Waals surface area contributed by atoms with E-state index in [0.717, 1.165) is 0 Å². The van der Waals surface area contributed by atoms with Crippen molar-refractivity contribution in [3.05, 3.63) is 17.7 Å². The Hall–Kier alpha value is -2.33. The average molecular weight is 442 g/mol. The zero-order valence-corrected chi connectivity index (χ0v) is 17.2. The van der Waals surface area contributed by atoms with Gasteiger partial charge in [-0.05, 0) is 25.0 Å². The maximum absolute atomic E-state index is 12.9. The number of carbonyl (C=O) groups is 1. The van der Waals surface area contributed by atoms with Crippen LogP contribution in [0.2, 0.25) is 0 Å². The molecule has 1 aliphatic rings. The van der Waals surface area contributed by atoms with E-state index in [4.69, 9.17) is 5.73 Å². The fourth-order valence-electron chi connectivity index (χ4n) is 3.13. The number of nitrogens with one attached hydrogen (secondary N) is 2. The Balaban J connectivity index is 0.00000218.